The molecule has 1 aliphatic carbocycles. The van der Waals surface area contributed by atoms with Gasteiger partial charge in [0.15, 0.2) is 5.71 Å². The highest BCUT2D eigenvalue weighted by molar-refractivity contribution is 7.86. The van der Waals surface area contributed by atoms with E-state index in [2.05, 4.69) is 130 Å². The van der Waals surface area contributed by atoms with Gasteiger partial charge < -0.3 is 4.90 Å². The Kier molecular flexibility index (Phi) is 16.3. The molecule has 0 spiro atoms. The van der Waals surface area contributed by atoms with Gasteiger partial charge in [0.1, 0.15) is 12.3 Å². The van der Waals surface area contributed by atoms with Crippen LogP contribution < -0.4 is 4.90 Å². The number of hydrogen-bond donors (Lipinski definition) is 2. The van der Waals surface area contributed by atoms with Crippen LogP contribution in [0.15, 0.2) is 143 Å². The van der Waals surface area contributed by atoms with Crippen LogP contribution in [0, 0.1) is 6.92 Å². The van der Waals surface area contributed by atoms with Gasteiger partial charge in [0, 0.05) is 79.0 Å². The van der Waals surface area contributed by atoms with Gasteiger partial charge in [-0.25, -0.2) is 0 Å². The molecule has 0 unspecified atom stereocenters. The normalized spacial score (nSPS) is 18.3. The first-order valence-electron chi connectivity index (χ1n) is 27.5. The molecule has 0 fully saturated rings. The molecule has 12 nitrogen and oxygen atoms in total. The number of anilines is 1. The predicted octanol–water partition coefficient (Wildman–Crippen LogP) is 12.8. The number of carbonyl (C=O) groups excluding carboxylic acids is 3. The lowest BCUT2D eigenvalue weighted by atomic mass is 9.78. The summed E-state index contributed by atoms with van der Waals surface area (Å²) in [4.78, 5) is 40.3. The van der Waals surface area contributed by atoms with E-state index in [0.29, 0.717) is 37.6 Å². The molecular formula is C64H72N3O9S2+. The van der Waals surface area contributed by atoms with Gasteiger partial charge in [0.2, 0.25) is 5.69 Å². The number of Topliss-reactive ketones (excluding diaryl/α,β-unsaturated/α-hetero) is 1. The smallest absolute Gasteiger partial charge is 0.294 e. The van der Waals surface area contributed by atoms with Crippen molar-refractivity contribution in [2.75, 3.05) is 30.3 Å². The summed E-state index contributed by atoms with van der Waals surface area (Å²) in [7, 11) is -8.60. The number of fused-ring (bicyclic) bond motifs is 6. The number of amides is 2. The van der Waals surface area contributed by atoms with Crippen molar-refractivity contribution in [3.8, 4) is 0 Å². The quantitative estimate of drug-likeness (QED) is 0.0312. The van der Waals surface area contributed by atoms with Crippen molar-refractivity contribution in [3.05, 3.63) is 166 Å². The molecule has 5 aromatic carbocycles. The molecule has 9 rings (SSSR count). The van der Waals surface area contributed by atoms with Crippen LogP contribution in [0.3, 0.4) is 0 Å². The highest BCUT2D eigenvalue weighted by atomic mass is 32.2. The van der Waals surface area contributed by atoms with Gasteiger partial charge in [-0.2, -0.15) is 21.4 Å². The number of carbonyl (C=O) groups is 3. The van der Waals surface area contributed by atoms with Crippen LogP contribution in [0.4, 0.5) is 11.4 Å². The zero-order valence-corrected chi connectivity index (χ0v) is 47.4. The Balaban J connectivity index is 1.11. The Hall–Kier alpha value is -6.58. The molecule has 3 aliphatic heterocycles. The fourth-order valence-electron chi connectivity index (χ4n) is 12.3. The van der Waals surface area contributed by atoms with E-state index in [4.69, 9.17) is 0 Å². The molecule has 0 bridgehead atoms. The highest BCUT2D eigenvalue weighted by Gasteiger charge is 2.46. The third-order valence-electron chi connectivity index (χ3n) is 16.2. The summed E-state index contributed by atoms with van der Waals surface area (Å²) < 4.78 is 70.1. The van der Waals surface area contributed by atoms with Crippen LogP contribution in [0.2, 0.25) is 0 Å². The van der Waals surface area contributed by atoms with Crippen molar-refractivity contribution in [2.45, 2.75) is 134 Å². The van der Waals surface area contributed by atoms with Gasteiger partial charge in [-0.3, -0.25) is 28.4 Å². The topological polar surface area (TPSA) is 169 Å². The maximum Gasteiger partial charge on any atom is 0.294 e. The lowest BCUT2D eigenvalue weighted by Gasteiger charge is -2.28. The molecule has 0 radical (unpaired) electrons. The summed E-state index contributed by atoms with van der Waals surface area (Å²) in [6.07, 6.45) is 19.9. The Labute approximate surface area is 460 Å². The average Bonchev–Trinajstić information content (AvgIpc) is 4.14. The van der Waals surface area contributed by atoms with Crippen molar-refractivity contribution in [1.82, 2.24) is 4.90 Å². The van der Waals surface area contributed by atoms with E-state index in [1.54, 1.807) is 6.07 Å². The average molecular weight is 1090 g/mol. The third-order valence-corrected chi connectivity index (χ3v) is 17.9. The second-order valence-corrected chi connectivity index (χ2v) is 25.5. The molecule has 0 atom stereocenters. The van der Waals surface area contributed by atoms with Crippen LogP contribution in [0.5, 0.6) is 0 Å². The van der Waals surface area contributed by atoms with Crippen LogP contribution in [0.25, 0.3) is 27.1 Å². The summed E-state index contributed by atoms with van der Waals surface area (Å²) in [5.74, 6) is -0.961. The number of benzene rings is 5. The first-order chi connectivity index (χ1) is 37.1. The highest BCUT2D eigenvalue weighted by Crippen LogP contribution is 2.52. The molecular weight excluding hydrogens is 1020 g/mol. The van der Waals surface area contributed by atoms with Gasteiger partial charge >= 0.3 is 0 Å². The number of rotatable bonds is 21. The van der Waals surface area contributed by atoms with Crippen LogP contribution >= 0.6 is 0 Å². The number of allylic oxidation sites excluding steroid dienone is 8. The molecule has 4 aliphatic rings. The Bertz CT molecular complexity index is 3650. The SMILES string of the molecule is CCCCC[N+]1=C(/C=C/C2=C(c3ccc(CCC(=O)CCCN4C(=O)C=CC4=O)cc3)C(=C/C=C3/N(CCCCS(=O)(=O)O)c4ccc5cc(S(=O)(=O)O)ccc5c4C3(C)C)/CCC2)C(C)(C)c2c1ccc1cc(C)ccc21. The standard InChI is InChI=1S/C64H71N3O9S2/c1-7-8-9-37-65-54-31-23-48-41-43(2)17-29-52(48)61(54)63(3,4)56(65)33-25-45-14-12-15-46(60(45)47-21-18-44(19-22-47)20-27-50(68)16-13-39-67-58(69)35-36-59(67)70)26-34-57-64(5,6)62-53-30-28-51(78(74,75)76)42-49(53)24-32-55(62)66(57)38-10-11-40-77(71,72)73/h17-19,21-26,28-36,41-42H,7-16,20,27,37-40H2,1-6H3,(H-,71,72,73,74,75,76)/p+1. The van der Waals surface area contributed by atoms with Gasteiger partial charge in [-0.15, -0.1) is 0 Å². The fraction of sp³-hybridized carbons (Fsp3) is 0.375. The number of unbranched alkanes of at least 4 members (excludes halogenated alkanes) is 3. The molecule has 2 N–H and O–H groups in total. The monoisotopic (exact) mass is 1090 g/mol. The van der Waals surface area contributed by atoms with Crippen LogP contribution in [-0.2, 0) is 51.9 Å². The van der Waals surface area contributed by atoms with Crippen LogP contribution in [0.1, 0.15) is 133 Å². The molecule has 5 aromatic rings. The molecule has 0 saturated carbocycles. The first kappa shape index (κ1) is 56.2. The Morgan fingerprint density at radius 1 is 0.705 bits per heavy atom. The second kappa shape index (κ2) is 22.6. The van der Waals surface area contributed by atoms with Crippen LogP contribution in [-0.4, -0.2) is 84.1 Å². The van der Waals surface area contributed by atoms with E-state index in [0.717, 1.165) is 89.7 Å². The van der Waals surface area contributed by atoms with Gasteiger partial charge in [0.25, 0.3) is 32.1 Å². The Morgan fingerprint density at radius 2 is 1.40 bits per heavy atom. The zero-order valence-electron chi connectivity index (χ0n) is 45.8. The van der Waals surface area contributed by atoms with E-state index in [9.17, 15) is 40.3 Å². The van der Waals surface area contributed by atoms with Crippen molar-refractivity contribution < 1.29 is 44.9 Å². The molecule has 408 valence electrons. The fourth-order valence-corrected chi connectivity index (χ4v) is 13.4. The Morgan fingerprint density at radius 3 is 2.12 bits per heavy atom. The summed E-state index contributed by atoms with van der Waals surface area (Å²) in [5.41, 5.74) is 12.7. The van der Waals surface area contributed by atoms with Crippen molar-refractivity contribution >= 4 is 82.0 Å². The largest absolute Gasteiger partial charge is 0.344 e. The lowest BCUT2D eigenvalue weighted by molar-refractivity contribution is -0.438. The maximum atomic E-state index is 13.1. The minimum absolute atomic E-state index is 0.0773. The third kappa shape index (κ3) is 11.7. The van der Waals surface area contributed by atoms with E-state index in [1.807, 2.05) is 12.1 Å². The summed E-state index contributed by atoms with van der Waals surface area (Å²) in [6, 6.07) is 28.3. The molecule has 2 amide bonds. The van der Waals surface area contributed by atoms with E-state index >= 15 is 0 Å². The van der Waals surface area contributed by atoms with E-state index < -0.39 is 25.7 Å². The zero-order chi connectivity index (χ0) is 55.7. The number of ketones is 1. The van der Waals surface area contributed by atoms with Crippen molar-refractivity contribution in [1.29, 1.82) is 0 Å². The summed E-state index contributed by atoms with van der Waals surface area (Å²) in [5, 5.41) is 4.02. The summed E-state index contributed by atoms with van der Waals surface area (Å²) in [6.45, 7) is 14.9. The predicted molar refractivity (Wildman–Crippen MR) is 312 cm³/mol. The first-order valence-corrected chi connectivity index (χ1v) is 30.6. The van der Waals surface area contributed by atoms with E-state index in [1.165, 1.54) is 68.1 Å². The number of aryl methyl sites for hydroxylation is 2. The van der Waals surface area contributed by atoms with Crippen molar-refractivity contribution in [2.24, 2.45) is 0 Å². The maximum absolute atomic E-state index is 13.1. The summed E-state index contributed by atoms with van der Waals surface area (Å²) >= 11 is 0. The number of imide groups is 1. The van der Waals surface area contributed by atoms with Gasteiger partial charge in [0.05, 0.1) is 16.1 Å². The van der Waals surface area contributed by atoms with Gasteiger partial charge in [-0.1, -0.05) is 99.5 Å². The number of nitrogens with zero attached hydrogens (tertiary/aromatic N) is 3. The molecule has 78 heavy (non-hydrogen) atoms. The molecule has 14 heteroatoms. The lowest BCUT2D eigenvalue weighted by Crippen LogP contribution is -2.31. The second-order valence-electron chi connectivity index (χ2n) is 22.5. The number of hydrogen-bond acceptors (Lipinski definition) is 8. The molecule has 0 saturated heterocycles. The van der Waals surface area contributed by atoms with Crippen molar-refractivity contribution in [3.63, 3.8) is 0 Å². The minimum Gasteiger partial charge on any atom is -0.344 e. The van der Waals surface area contributed by atoms with E-state index in [-0.39, 0.29) is 53.0 Å². The molecule has 0 aromatic heterocycles. The minimum atomic E-state index is -4.45. The molecule has 3 heterocycles. The van der Waals surface area contributed by atoms with Gasteiger partial charge in [-0.05, 0) is 157 Å².